The lowest BCUT2D eigenvalue weighted by Gasteiger charge is -2.13. The third-order valence-electron chi connectivity index (χ3n) is 2.32. The van der Waals surface area contributed by atoms with Gasteiger partial charge in [0.25, 0.3) is 5.91 Å². The zero-order chi connectivity index (χ0) is 14.0. The van der Waals surface area contributed by atoms with Gasteiger partial charge in [-0.2, -0.15) is 13.2 Å². The van der Waals surface area contributed by atoms with E-state index in [4.69, 9.17) is 0 Å². The number of alkyl halides is 3. The van der Waals surface area contributed by atoms with E-state index in [1.807, 2.05) is 0 Å². The molecule has 8 heteroatoms. The second-order valence-corrected chi connectivity index (χ2v) is 3.78. The summed E-state index contributed by atoms with van der Waals surface area (Å²) in [6, 6.07) is 2.03. The molecule has 1 saturated heterocycles. The fourth-order valence-electron chi connectivity index (χ4n) is 1.52. The van der Waals surface area contributed by atoms with E-state index in [2.05, 4.69) is 10.3 Å². The van der Waals surface area contributed by atoms with Crippen molar-refractivity contribution in [3.8, 4) is 0 Å². The van der Waals surface area contributed by atoms with Gasteiger partial charge in [0.2, 0.25) is 0 Å². The summed E-state index contributed by atoms with van der Waals surface area (Å²) in [7, 11) is 0. The van der Waals surface area contributed by atoms with Crippen molar-refractivity contribution in [1.82, 2.24) is 15.2 Å². The fourth-order valence-corrected chi connectivity index (χ4v) is 1.52. The van der Waals surface area contributed by atoms with E-state index in [-0.39, 0.29) is 10.6 Å². The average Bonchev–Trinajstić information content (AvgIpc) is 2.57. The van der Waals surface area contributed by atoms with Gasteiger partial charge in [-0.1, -0.05) is 0 Å². The minimum Gasteiger partial charge on any atom is -0.303 e. The molecule has 0 aliphatic carbocycles. The second kappa shape index (κ2) is 4.71. The lowest BCUT2D eigenvalue weighted by atomic mass is 10.2. The second-order valence-electron chi connectivity index (χ2n) is 3.78. The lowest BCUT2D eigenvalue weighted by molar-refractivity contribution is -0.150. The van der Waals surface area contributed by atoms with Crippen LogP contribution in [0.2, 0.25) is 0 Å². The van der Waals surface area contributed by atoms with Gasteiger partial charge in [0.1, 0.15) is 12.2 Å². The van der Waals surface area contributed by atoms with Crippen molar-refractivity contribution >= 4 is 18.0 Å². The Morgan fingerprint density at radius 1 is 1.26 bits per heavy atom. The van der Waals surface area contributed by atoms with E-state index in [0.29, 0.717) is 5.56 Å². The van der Waals surface area contributed by atoms with Crippen LogP contribution in [0.15, 0.2) is 30.2 Å². The first-order valence-corrected chi connectivity index (χ1v) is 5.18. The van der Waals surface area contributed by atoms with Crippen molar-refractivity contribution < 1.29 is 22.8 Å². The highest BCUT2D eigenvalue weighted by Gasteiger charge is 2.41. The van der Waals surface area contributed by atoms with Crippen LogP contribution in [0, 0.1) is 0 Å². The molecule has 1 aromatic rings. The first kappa shape index (κ1) is 13.1. The third kappa shape index (κ3) is 3.09. The number of nitrogens with zero attached hydrogens (tertiary/aromatic N) is 2. The van der Waals surface area contributed by atoms with Crippen LogP contribution < -0.4 is 5.32 Å². The van der Waals surface area contributed by atoms with Gasteiger partial charge in [-0.3, -0.25) is 9.78 Å². The van der Waals surface area contributed by atoms with Crippen LogP contribution in [0.5, 0.6) is 0 Å². The van der Waals surface area contributed by atoms with Crippen molar-refractivity contribution in [3.05, 3.63) is 35.8 Å². The van der Waals surface area contributed by atoms with Crippen molar-refractivity contribution in [1.29, 1.82) is 0 Å². The molecular formula is C11H8F3N3O2. The van der Waals surface area contributed by atoms with Crippen molar-refractivity contribution in [2.45, 2.75) is 6.18 Å². The quantitative estimate of drug-likeness (QED) is 0.655. The summed E-state index contributed by atoms with van der Waals surface area (Å²) in [6.45, 7) is -1.61. The topological polar surface area (TPSA) is 62.3 Å². The average molecular weight is 271 g/mol. The van der Waals surface area contributed by atoms with E-state index >= 15 is 0 Å². The molecule has 0 aromatic carbocycles. The maximum Gasteiger partial charge on any atom is 0.406 e. The molecule has 5 nitrogen and oxygen atoms in total. The van der Waals surface area contributed by atoms with Gasteiger partial charge < -0.3 is 5.32 Å². The number of carbonyl (C=O) groups excluding carboxylic acids is 2. The molecule has 2 heterocycles. The summed E-state index contributed by atoms with van der Waals surface area (Å²) in [5.74, 6) is -1.00. The zero-order valence-electron chi connectivity index (χ0n) is 9.44. The molecule has 0 spiro atoms. The van der Waals surface area contributed by atoms with Gasteiger partial charge in [0.05, 0.1) is 0 Å². The summed E-state index contributed by atoms with van der Waals surface area (Å²) < 4.78 is 36.6. The van der Waals surface area contributed by atoms with E-state index < -0.39 is 24.7 Å². The number of aromatic nitrogens is 1. The van der Waals surface area contributed by atoms with Crippen LogP contribution in [0.1, 0.15) is 5.56 Å². The minimum atomic E-state index is -4.63. The van der Waals surface area contributed by atoms with Crippen molar-refractivity contribution in [2.75, 3.05) is 6.54 Å². The van der Waals surface area contributed by atoms with Gasteiger partial charge in [0, 0.05) is 12.4 Å². The van der Waals surface area contributed by atoms with Gasteiger partial charge in [0.15, 0.2) is 0 Å². The number of carbonyl (C=O) groups is 2. The van der Waals surface area contributed by atoms with Crippen LogP contribution in [-0.2, 0) is 4.79 Å². The summed E-state index contributed by atoms with van der Waals surface area (Å²) in [5, 5.41) is 2.10. The van der Waals surface area contributed by atoms with Crippen LogP contribution in [0.25, 0.3) is 6.08 Å². The van der Waals surface area contributed by atoms with Gasteiger partial charge in [-0.05, 0) is 23.8 Å². The molecule has 1 fully saturated rings. The molecule has 0 saturated carbocycles. The number of imide groups is 1. The molecule has 19 heavy (non-hydrogen) atoms. The molecule has 1 N–H and O–H groups in total. The number of rotatable bonds is 2. The Hall–Kier alpha value is -2.38. The lowest BCUT2D eigenvalue weighted by Crippen LogP contribution is -2.38. The standard InChI is InChI=1S/C11H8F3N3O2/c12-11(13,14)6-17-9(18)8(16-10(17)19)5-7-1-3-15-4-2-7/h1-5H,6H2,(H,16,19). The van der Waals surface area contributed by atoms with Crippen LogP contribution in [-0.4, -0.2) is 34.5 Å². The van der Waals surface area contributed by atoms with E-state index in [0.717, 1.165) is 0 Å². The first-order valence-electron chi connectivity index (χ1n) is 5.18. The SMILES string of the molecule is O=C1NC(=Cc2ccncc2)C(=O)N1CC(F)(F)F. The van der Waals surface area contributed by atoms with E-state index in [9.17, 15) is 22.8 Å². The Morgan fingerprint density at radius 3 is 2.47 bits per heavy atom. The summed E-state index contributed by atoms with van der Waals surface area (Å²) in [6.07, 6.45) is -0.417. The van der Waals surface area contributed by atoms with E-state index in [1.54, 1.807) is 12.1 Å². The predicted molar refractivity (Wildman–Crippen MR) is 58.5 cm³/mol. The number of pyridine rings is 1. The monoisotopic (exact) mass is 271 g/mol. The maximum atomic E-state index is 12.2. The molecule has 1 aliphatic heterocycles. The van der Waals surface area contributed by atoms with Crippen LogP contribution in [0.3, 0.4) is 0 Å². The molecule has 1 aromatic heterocycles. The Kier molecular flexibility index (Phi) is 3.24. The van der Waals surface area contributed by atoms with Gasteiger partial charge in [-0.15, -0.1) is 0 Å². The summed E-state index contributed by atoms with van der Waals surface area (Å²) in [5.41, 5.74) is 0.355. The molecule has 1 aliphatic rings. The largest absolute Gasteiger partial charge is 0.406 e. The number of hydrogen-bond acceptors (Lipinski definition) is 3. The number of urea groups is 1. The van der Waals surface area contributed by atoms with Crippen molar-refractivity contribution in [3.63, 3.8) is 0 Å². The third-order valence-corrected chi connectivity index (χ3v) is 2.32. The first-order chi connectivity index (χ1) is 8.87. The van der Waals surface area contributed by atoms with Crippen LogP contribution >= 0.6 is 0 Å². The fraction of sp³-hybridized carbons (Fsp3) is 0.182. The summed E-state index contributed by atoms with van der Waals surface area (Å²) in [4.78, 5) is 26.8. The number of nitrogens with one attached hydrogen (secondary N) is 1. The Balaban J connectivity index is 2.21. The molecular weight excluding hydrogens is 263 g/mol. The van der Waals surface area contributed by atoms with Gasteiger partial charge >= 0.3 is 12.2 Å². The van der Waals surface area contributed by atoms with Gasteiger partial charge in [-0.25, -0.2) is 9.69 Å². The van der Waals surface area contributed by atoms with Crippen LogP contribution in [0.4, 0.5) is 18.0 Å². The Bertz CT molecular complexity index is 540. The Morgan fingerprint density at radius 2 is 1.89 bits per heavy atom. The number of hydrogen-bond donors (Lipinski definition) is 1. The normalized spacial score (nSPS) is 18.1. The minimum absolute atomic E-state index is 0.118. The highest BCUT2D eigenvalue weighted by atomic mass is 19.4. The highest BCUT2D eigenvalue weighted by Crippen LogP contribution is 2.21. The molecule has 3 amide bonds. The molecule has 0 bridgehead atoms. The smallest absolute Gasteiger partial charge is 0.303 e. The molecule has 0 atom stereocenters. The van der Waals surface area contributed by atoms with E-state index in [1.165, 1.54) is 18.5 Å². The Labute approximate surface area is 105 Å². The molecule has 0 radical (unpaired) electrons. The number of halogens is 3. The summed E-state index contributed by atoms with van der Waals surface area (Å²) >= 11 is 0. The highest BCUT2D eigenvalue weighted by molar-refractivity contribution is 6.13. The zero-order valence-corrected chi connectivity index (χ0v) is 9.44. The molecule has 100 valence electrons. The number of amides is 3. The van der Waals surface area contributed by atoms with Crippen molar-refractivity contribution in [2.24, 2.45) is 0 Å². The molecule has 0 unspecified atom stereocenters. The predicted octanol–water partition coefficient (Wildman–Crippen LogP) is 1.54. The maximum absolute atomic E-state index is 12.2. The molecule has 2 rings (SSSR count).